The van der Waals surface area contributed by atoms with Gasteiger partial charge in [0.15, 0.2) is 0 Å². The van der Waals surface area contributed by atoms with E-state index in [1.54, 1.807) is 19.3 Å². The van der Waals surface area contributed by atoms with E-state index in [4.69, 9.17) is 15.6 Å². The van der Waals surface area contributed by atoms with E-state index in [1.165, 1.54) is 0 Å². The van der Waals surface area contributed by atoms with Gasteiger partial charge in [0.25, 0.3) is 5.91 Å². The number of ether oxygens (including phenoxy) is 1. The zero-order valence-corrected chi connectivity index (χ0v) is 18.9. The van der Waals surface area contributed by atoms with Gasteiger partial charge in [0.1, 0.15) is 17.2 Å². The number of carbonyl (C=O) groups is 1. The number of fused-ring (bicyclic) bond motifs is 1. The zero-order valence-electron chi connectivity index (χ0n) is 18.9. The molecule has 1 saturated heterocycles. The summed E-state index contributed by atoms with van der Waals surface area (Å²) in [5.41, 5.74) is 9.47. The van der Waals surface area contributed by atoms with Gasteiger partial charge in [-0.1, -0.05) is 24.1 Å². The van der Waals surface area contributed by atoms with Crippen molar-refractivity contribution in [2.75, 3.05) is 12.3 Å². The second-order valence-electron chi connectivity index (χ2n) is 8.26. The molecule has 1 aliphatic heterocycles. The van der Waals surface area contributed by atoms with Crippen molar-refractivity contribution in [3.63, 3.8) is 0 Å². The second-order valence-corrected chi connectivity index (χ2v) is 8.26. The minimum absolute atomic E-state index is 0.0346. The molecule has 3 heterocycles. The lowest BCUT2D eigenvalue weighted by molar-refractivity contribution is -0.126. The topological polar surface area (TPSA) is 86.3 Å². The van der Waals surface area contributed by atoms with Crippen molar-refractivity contribution in [1.82, 2.24) is 19.7 Å². The van der Waals surface area contributed by atoms with Gasteiger partial charge in [-0.05, 0) is 62.1 Å². The Morgan fingerprint density at radius 3 is 2.65 bits per heavy atom. The molecule has 0 bridgehead atoms. The highest BCUT2D eigenvalue weighted by Gasteiger charge is 2.29. The lowest BCUT2D eigenvalue weighted by Crippen LogP contribution is -2.37. The maximum Gasteiger partial charge on any atom is 0.298 e. The Labute approximate surface area is 198 Å². The third kappa shape index (κ3) is 4.18. The Bertz CT molecular complexity index is 1380. The fourth-order valence-electron chi connectivity index (χ4n) is 4.46. The molecular formula is C27H25N5O2. The number of carbonyl (C=O) groups excluding carboxylic acids is 1. The van der Waals surface area contributed by atoms with Gasteiger partial charge in [0, 0.05) is 12.1 Å². The Kier molecular flexibility index (Phi) is 5.88. The number of hydrogen-bond acceptors (Lipinski definition) is 5. The highest BCUT2D eigenvalue weighted by molar-refractivity contribution is 6.01. The molecular weight excluding hydrogens is 426 g/mol. The number of aromatic nitrogens is 3. The van der Waals surface area contributed by atoms with Gasteiger partial charge in [0.2, 0.25) is 0 Å². The van der Waals surface area contributed by atoms with Crippen LogP contribution in [0.5, 0.6) is 11.5 Å². The zero-order chi connectivity index (χ0) is 23.5. The second kappa shape index (κ2) is 9.28. The number of likely N-dealkylation sites (tertiary alicyclic amines) is 1. The van der Waals surface area contributed by atoms with Gasteiger partial charge in [-0.2, -0.15) is 5.10 Å². The fraction of sp³-hybridized carbons (Fsp3) is 0.222. The summed E-state index contributed by atoms with van der Waals surface area (Å²) in [4.78, 5) is 18.6. The van der Waals surface area contributed by atoms with E-state index in [0.717, 1.165) is 46.5 Å². The average Bonchev–Trinajstić information content (AvgIpc) is 3.47. The standard InChI is InChI=1S/C27H25N5O2/c1-2-7-25(33)31-15-6-8-20(31)18-32-24-17-29-16-23(28)26(24)27(30-32)19-11-13-22(14-12-19)34-21-9-4-3-5-10-21/h3-5,9-14,16-17,20H,6,8,15,18,28H2,1H3/t20-/m0/s1. The Morgan fingerprint density at radius 1 is 1.12 bits per heavy atom. The highest BCUT2D eigenvalue weighted by atomic mass is 16.5. The van der Waals surface area contributed by atoms with Crippen LogP contribution in [0.25, 0.3) is 22.2 Å². The fourth-order valence-corrected chi connectivity index (χ4v) is 4.46. The predicted octanol–water partition coefficient (Wildman–Crippen LogP) is 4.49. The molecule has 1 aliphatic rings. The summed E-state index contributed by atoms with van der Waals surface area (Å²) < 4.78 is 7.83. The molecule has 0 unspecified atom stereocenters. The molecule has 1 atom stereocenters. The van der Waals surface area contributed by atoms with Crippen LogP contribution in [0.2, 0.25) is 0 Å². The molecule has 0 radical (unpaired) electrons. The number of hydrogen-bond donors (Lipinski definition) is 1. The monoisotopic (exact) mass is 451 g/mol. The lowest BCUT2D eigenvalue weighted by Gasteiger charge is -2.22. The summed E-state index contributed by atoms with van der Waals surface area (Å²) in [6.45, 7) is 2.96. The largest absolute Gasteiger partial charge is 0.457 e. The van der Waals surface area contributed by atoms with Gasteiger partial charge in [-0.25, -0.2) is 0 Å². The minimum Gasteiger partial charge on any atom is -0.457 e. The third-order valence-corrected chi connectivity index (χ3v) is 6.05. The van der Waals surface area contributed by atoms with Gasteiger partial charge in [0.05, 0.1) is 41.6 Å². The molecule has 7 heteroatoms. The molecule has 4 aromatic rings. The minimum atomic E-state index is -0.131. The van der Waals surface area contributed by atoms with Crippen LogP contribution in [0.4, 0.5) is 5.69 Å². The van der Waals surface area contributed by atoms with Crippen LogP contribution >= 0.6 is 0 Å². The van der Waals surface area contributed by atoms with Gasteiger partial charge in [-0.15, -0.1) is 0 Å². The van der Waals surface area contributed by atoms with E-state index in [1.807, 2.05) is 64.2 Å². The molecule has 0 spiro atoms. The summed E-state index contributed by atoms with van der Waals surface area (Å²) in [5, 5.41) is 5.78. The predicted molar refractivity (Wildman–Crippen MR) is 132 cm³/mol. The summed E-state index contributed by atoms with van der Waals surface area (Å²) in [6.07, 6.45) is 5.29. The van der Waals surface area contributed by atoms with Crippen molar-refractivity contribution < 1.29 is 9.53 Å². The first-order valence-electron chi connectivity index (χ1n) is 11.3. The van der Waals surface area contributed by atoms with Crippen molar-refractivity contribution in [3.05, 3.63) is 67.0 Å². The molecule has 0 aliphatic carbocycles. The number of para-hydroxylation sites is 1. The van der Waals surface area contributed by atoms with E-state index < -0.39 is 0 Å². The number of benzene rings is 2. The average molecular weight is 452 g/mol. The summed E-state index contributed by atoms with van der Waals surface area (Å²) in [7, 11) is 0. The first-order valence-corrected chi connectivity index (χ1v) is 11.3. The molecule has 1 fully saturated rings. The van der Waals surface area contributed by atoms with Crippen LogP contribution in [0.1, 0.15) is 19.8 Å². The normalized spacial score (nSPS) is 15.2. The van der Waals surface area contributed by atoms with Crippen molar-refractivity contribution in [2.24, 2.45) is 0 Å². The highest BCUT2D eigenvalue weighted by Crippen LogP contribution is 2.34. The van der Waals surface area contributed by atoms with Crippen LogP contribution in [0.15, 0.2) is 67.0 Å². The Hall–Kier alpha value is -4.31. The molecule has 2 aromatic heterocycles. The van der Waals surface area contributed by atoms with Crippen molar-refractivity contribution in [3.8, 4) is 34.6 Å². The first-order chi connectivity index (χ1) is 16.6. The molecule has 1 amide bonds. The van der Waals surface area contributed by atoms with Crippen LogP contribution in [-0.4, -0.2) is 38.2 Å². The molecule has 5 rings (SSSR count). The molecule has 0 saturated carbocycles. The quantitative estimate of drug-likeness (QED) is 0.452. The maximum absolute atomic E-state index is 12.4. The van der Waals surface area contributed by atoms with Crippen LogP contribution < -0.4 is 10.5 Å². The number of pyridine rings is 1. The van der Waals surface area contributed by atoms with E-state index in [0.29, 0.717) is 18.8 Å². The van der Waals surface area contributed by atoms with Crippen LogP contribution in [0, 0.1) is 11.8 Å². The molecule has 2 N–H and O–H groups in total. The van der Waals surface area contributed by atoms with E-state index >= 15 is 0 Å². The first kappa shape index (κ1) is 21.5. The smallest absolute Gasteiger partial charge is 0.298 e. The summed E-state index contributed by atoms with van der Waals surface area (Å²) in [5.74, 6) is 6.77. The SMILES string of the molecule is CC#CC(=O)N1CCC[C@H]1Cn1nc(-c2ccc(Oc3ccccc3)cc2)c2c(N)cncc21. The number of amides is 1. The van der Waals surface area contributed by atoms with E-state index in [-0.39, 0.29) is 11.9 Å². The Morgan fingerprint density at radius 2 is 1.88 bits per heavy atom. The van der Waals surface area contributed by atoms with Gasteiger partial charge < -0.3 is 15.4 Å². The van der Waals surface area contributed by atoms with E-state index in [2.05, 4.69) is 16.8 Å². The molecule has 7 nitrogen and oxygen atoms in total. The number of anilines is 1. The van der Waals surface area contributed by atoms with E-state index in [9.17, 15) is 4.79 Å². The number of rotatable bonds is 5. The summed E-state index contributed by atoms with van der Waals surface area (Å²) >= 11 is 0. The van der Waals surface area contributed by atoms with Crippen LogP contribution in [0.3, 0.4) is 0 Å². The molecule has 34 heavy (non-hydrogen) atoms. The molecule has 2 aromatic carbocycles. The number of nitrogens with two attached hydrogens (primary N) is 1. The Balaban J connectivity index is 1.47. The number of nitrogen functional groups attached to an aromatic ring is 1. The number of nitrogens with zero attached hydrogens (tertiary/aromatic N) is 4. The summed E-state index contributed by atoms with van der Waals surface area (Å²) in [6, 6.07) is 17.5. The van der Waals surface area contributed by atoms with Crippen molar-refractivity contribution in [2.45, 2.75) is 32.4 Å². The van der Waals surface area contributed by atoms with Gasteiger partial charge in [-0.3, -0.25) is 14.5 Å². The third-order valence-electron chi connectivity index (χ3n) is 6.05. The van der Waals surface area contributed by atoms with Crippen molar-refractivity contribution in [1.29, 1.82) is 0 Å². The van der Waals surface area contributed by atoms with Gasteiger partial charge >= 0.3 is 0 Å². The van der Waals surface area contributed by atoms with Crippen LogP contribution in [-0.2, 0) is 11.3 Å². The van der Waals surface area contributed by atoms with Crippen molar-refractivity contribution >= 4 is 22.5 Å². The maximum atomic E-state index is 12.4. The molecule has 170 valence electrons. The lowest BCUT2D eigenvalue weighted by atomic mass is 10.1.